The fraction of sp³-hybridized carbons (Fsp3) is 0.600. The molecule has 0 radical (unpaired) electrons. The van der Waals surface area contributed by atoms with Gasteiger partial charge in [0.05, 0.1) is 0 Å². The van der Waals surface area contributed by atoms with Gasteiger partial charge in [0.15, 0.2) is 0 Å². The smallest absolute Gasteiger partial charge is 0.0120 e. The zero-order valence-electron chi connectivity index (χ0n) is 11.1. The van der Waals surface area contributed by atoms with Gasteiger partial charge in [0, 0.05) is 6.04 Å². The molecule has 2 N–H and O–H groups in total. The summed E-state index contributed by atoms with van der Waals surface area (Å²) in [6.45, 7) is 8.46. The Kier molecular flexibility index (Phi) is 5.01. The highest BCUT2D eigenvalue weighted by Crippen LogP contribution is 2.25. The van der Waals surface area contributed by atoms with Crippen LogP contribution in [0.5, 0.6) is 0 Å². The first-order valence-corrected chi connectivity index (χ1v) is 6.63. The molecule has 90 valence electrons. The number of hydrogen-bond donors (Lipinski definition) is 1. The lowest BCUT2D eigenvalue weighted by atomic mass is 9.97. The first-order valence-electron chi connectivity index (χ1n) is 6.63. The Morgan fingerprint density at radius 3 is 1.69 bits per heavy atom. The molecule has 0 saturated heterocycles. The third-order valence-electron chi connectivity index (χ3n) is 3.25. The molecule has 1 aromatic rings. The predicted octanol–water partition coefficient (Wildman–Crippen LogP) is 3.26. The minimum Gasteiger partial charge on any atom is -0.327 e. The maximum absolute atomic E-state index is 5.97. The third kappa shape index (κ3) is 2.65. The lowest BCUT2D eigenvalue weighted by Crippen LogP contribution is -2.18. The molecule has 1 nitrogen and oxygen atoms in total. The molecule has 1 aliphatic rings. The summed E-state index contributed by atoms with van der Waals surface area (Å²) in [4.78, 5) is 0. The van der Waals surface area contributed by atoms with Crippen molar-refractivity contribution in [2.75, 3.05) is 0 Å². The van der Waals surface area contributed by atoms with Crippen molar-refractivity contribution >= 4 is 0 Å². The van der Waals surface area contributed by atoms with Crippen molar-refractivity contribution < 1.29 is 0 Å². The third-order valence-corrected chi connectivity index (χ3v) is 3.25. The molecule has 16 heavy (non-hydrogen) atoms. The van der Waals surface area contributed by atoms with Crippen molar-refractivity contribution in [3.05, 3.63) is 34.4 Å². The molecule has 1 heteroatoms. The normalized spacial score (nSPS) is 14.3. The molecular formula is C15H25N. The molecule has 0 unspecified atom stereocenters. The van der Waals surface area contributed by atoms with Crippen molar-refractivity contribution in [1.82, 2.24) is 0 Å². The standard InChI is InChI=1S/C13H19N.C2H6/c1-3-9-5-11-7-13(14)8-12(11)6-10(9)4-2;1-2/h5-6,13H,3-4,7-8,14H2,1-2H3;1-2H3. The van der Waals surface area contributed by atoms with Crippen LogP contribution in [0.25, 0.3) is 0 Å². The van der Waals surface area contributed by atoms with Crippen LogP contribution in [0.4, 0.5) is 0 Å². The average molecular weight is 219 g/mol. The van der Waals surface area contributed by atoms with E-state index in [1.165, 1.54) is 22.3 Å². The van der Waals surface area contributed by atoms with Crippen LogP contribution >= 0.6 is 0 Å². The number of rotatable bonds is 2. The first-order chi connectivity index (χ1) is 7.74. The quantitative estimate of drug-likeness (QED) is 0.811. The fourth-order valence-corrected chi connectivity index (χ4v) is 2.47. The minimum absolute atomic E-state index is 0.363. The highest BCUT2D eigenvalue weighted by molar-refractivity contribution is 5.42. The maximum Gasteiger partial charge on any atom is 0.0120 e. The zero-order chi connectivity index (χ0) is 12.1. The van der Waals surface area contributed by atoms with Gasteiger partial charge in [0.25, 0.3) is 0 Å². The molecular weight excluding hydrogens is 194 g/mol. The molecule has 0 aliphatic heterocycles. The van der Waals surface area contributed by atoms with Crippen LogP contribution in [0, 0.1) is 0 Å². The van der Waals surface area contributed by atoms with Gasteiger partial charge >= 0.3 is 0 Å². The molecule has 0 saturated carbocycles. The molecule has 0 aromatic heterocycles. The fourth-order valence-electron chi connectivity index (χ4n) is 2.47. The van der Waals surface area contributed by atoms with Crippen LogP contribution in [-0.2, 0) is 25.7 Å². The van der Waals surface area contributed by atoms with E-state index >= 15 is 0 Å². The molecule has 0 bridgehead atoms. The van der Waals surface area contributed by atoms with E-state index in [1.807, 2.05) is 13.8 Å². The van der Waals surface area contributed by atoms with E-state index in [0.29, 0.717) is 6.04 Å². The molecule has 1 aromatic carbocycles. The Bertz CT molecular complexity index is 309. The Labute approximate surface area is 100 Å². The highest BCUT2D eigenvalue weighted by Gasteiger charge is 2.19. The van der Waals surface area contributed by atoms with E-state index < -0.39 is 0 Å². The summed E-state index contributed by atoms with van der Waals surface area (Å²) >= 11 is 0. The number of benzene rings is 1. The molecule has 2 rings (SSSR count). The van der Waals surface area contributed by atoms with Gasteiger partial charge in [-0.2, -0.15) is 0 Å². The van der Waals surface area contributed by atoms with Gasteiger partial charge in [0.1, 0.15) is 0 Å². The van der Waals surface area contributed by atoms with Gasteiger partial charge in [-0.25, -0.2) is 0 Å². The van der Waals surface area contributed by atoms with E-state index in [1.54, 1.807) is 0 Å². The molecule has 0 fully saturated rings. The van der Waals surface area contributed by atoms with E-state index in [9.17, 15) is 0 Å². The summed E-state index contributed by atoms with van der Waals surface area (Å²) in [7, 11) is 0. The van der Waals surface area contributed by atoms with Crippen LogP contribution in [0.1, 0.15) is 49.9 Å². The summed E-state index contributed by atoms with van der Waals surface area (Å²) in [5, 5.41) is 0. The first kappa shape index (κ1) is 13.2. The van der Waals surface area contributed by atoms with Crippen LogP contribution in [0.2, 0.25) is 0 Å². The average Bonchev–Trinajstić information content (AvgIpc) is 2.68. The Hall–Kier alpha value is -0.820. The molecule has 0 spiro atoms. The zero-order valence-corrected chi connectivity index (χ0v) is 11.1. The second-order valence-corrected chi connectivity index (χ2v) is 4.27. The minimum atomic E-state index is 0.363. The van der Waals surface area contributed by atoms with Crippen molar-refractivity contribution in [2.24, 2.45) is 5.73 Å². The SMILES string of the molecule is CC.CCc1cc2c(cc1CC)CC(N)C2. The monoisotopic (exact) mass is 219 g/mol. The Morgan fingerprint density at radius 2 is 1.38 bits per heavy atom. The van der Waals surface area contributed by atoms with Gasteiger partial charge in [0.2, 0.25) is 0 Å². The van der Waals surface area contributed by atoms with Crippen LogP contribution < -0.4 is 5.73 Å². The van der Waals surface area contributed by atoms with E-state index in [2.05, 4.69) is 26.0 Å². The van der Waals surface area contributed by atoms with Crippen molar-refractivity contribution in [1.29, 1.82) is 0 Å². The van der Waals surface area contributed by atoms with E-state index in [4.69, 9.17) is 5.73 Å². The summed E-state index contributed by atoms with van der Waals surface area (Å²) in [5.74, 6) is 0. The molecule has 0 atom stereocenters. The predicted molar refractivity (Wildman–Crippen MR) is 71.9 cm³/mol. The Balaban J connectivity index is 0.000000606. The van der Waals surface area contributed by atoms with Crippen LogP contribution in [0.15, 0.2) is 12.1 Å². The number of nitrogens with two attached hydrogens (primary N) is 1. The van der Waals surface area contributed by atoms with Gasteiger partial charge in [-0.3, -0.25) is 0 Å². The van der Waals surface area contributed by atoms with Crippen LogP contribution in [0.3, 0.4) is 0 Å². The lowest BCUT2D eigenvalue weighted by Gasteiger charge is -2.09. The van der Waals surface area contributed by atoms with Crippen LogP contribution in [-0.4, -0.2) is 6.04 Å². The number of fused-ring (bicyclic) bond motifs is 1. The van der Waals surface area contributed by atoms with Gasteiger partial charge in [-0.15, -0.1) is 0 Å². The topological polar surface area (TPSA) is 26.0 Å². The van der Waals surface area contributed by atoms with Gasteiger partial charge in [-0.1, -0.05) is 39.8 Å². The number of hydrogen-bond acceptors (Lipinski definition) is 1. The second-order valence-electron chi connectivity index (χ2n) is 4.27. The van der Waals surface area contributed by atoms with E-state index in [0.717, 1.165) is 25.7 Å². The summed E-state index contributed by atoms with van der Waals surface area (Å²) < 4.78 is 0. The van der Waals surface area contributed by atoms with Gasteiger partial charge in [-0.05, 0) is 47.9 Å². The second kappa shape index (κ2) is 6.05. The van der Waals surface area contributed by atoms with Crippen molar-refractivity contribution in [3.8, 4) is 0 Å². The number of aryl methyl sites for hydroxylation is 2. The molecule has 1 aliphatic carbocycles. The maximum atomic E-state index is 5.97. The van der Waals surface area contributed by atoms with Crippen molar-refractivity contribution in [2.45, 2.75) is 59.4 Å². The summed E-state index contributed by atoms with van der Waals surface area (Å²) in [6.07, 6.45) is 4.44. The summed E-state index contributed by atoms with van der Waals surface area (Å²) in [6, 6.07) is 5.11. The lowest BCUT2D eigenvalue weighted by molar-refractivity contribution is 0.721. The molecule has 0 heterocycles. The van der Waals surface area contributed by atoms with E-state index in [-0.39, 0.29) is 0 Å². The van der Waals surface area contributed by atoms with Crippen molar-refractivity contribution in [3.63, 3.8) is 0 Å². The van der Waals surface area contributed by atoms with Gasteiger partial charge < -0.3 is 5.73 Å². The molecule has 0 amide bonds. The Morgan fingerprint density at radius 1 is 1.00 bits per heavy atom. The highest BCUT2D eigenvalue weighted by atomic mass is 14.6. The summed E-state index contributed by atoms with van der Waals surface area (Å²) in [5.41, 5.74) is 12.0. The largest absolute Gasteiger partial charge is 0.327 e.